The number of hydrogen-bond acceptors (Lipinski definition) is 3. The molecule has 0 bridgehead atoms. The van der Waals surface area contributed by atoms with Crippen molar-refractivity contribution in [2.45, 2.75) is 26.6 Å². The Morgan fingerprint density at radius 3 is 2.75 bits per heavy atom. The van der Waals surface area contributed by atoms with Gasteiger partial charge in [-0.1, -0.05) is 27.5 Å². The minimum absolute atomic E-state index is 0.303. The molecule has 2 aromatic rings. The molecule has 6 heteroatoms. The van der Waals surface area contributed by atoms with Crippen molar-refractivity contribution in [2.24, 2.45) is 7.05 Å². The summed E-state index contributed by atoms with van der Waals surface area (Å²) in [5.74, 6) is 0.637. The molecule has 1 heterocycles. The normalized spacial score (nSPS) is 12.5. The third-order valence-corrected chi connectivity index (χ3v) is 4.03. The maximum atomic E-state index is 9.80. The van der Waals surface area contributed by atoms with E-state index in [1.165, 1.54) is 0 Å². The van der Waals surface area contributed by atoms with Crippen LogP contribution in [0.25, 0.3) is 0 Å². The van der Waals surface area contributed by atoms with Crippen molar-refractivity contribution < 1.29 is 9.84 Å². The van der Waals surface area contributed by atoms with Gasteiger partial charge in [0.05, 0.1) is 22.5 Å². The van der Waals surface area contributed by atoms with Crippen molar-refractivity contribution in [1.82, 2.24) is 9.78 Å². The van der Waals surface area contributed by atoms with E-state index in [2.05, 4.69) is 21.0 Å². The van der Waals surface area contributed by atoms with Crippen molar-refractivity contribution in [1.29, 1.82) is 0 Å². The SMILES string of the molecule is Cc1nn(C)c(COc2ccc(Br)cc2[C@H](C)O)c1Cl. The van der Waals surface area contributed by atoms with E-state index in [0.29, 0.717) is 17.4 Å². The van der Waals surface area contributed by atoms with Gasteiger partial charge in [-0.25, -0.2) is 0 Å². The molecule has 0 aliphatic carbocycles. The summed E-state index contributed by atoms with van der Waals surface area (Å²) in [6.07, 6.45) is -0.605. The Kier molecular flexibility index (Phi) is 4.73. The summed E-state index contributed by atoms with van der Waals surface area (Å²) >= 11 is 9.57. The van der Waals surface area contributed by atoms with Crippen LogP contribution in [-0.4, -0.2) is 14.9 Å². The molecule has 0 aliphatic heterocycles. The van der Waals surface area contributed by atoms with E-state index in [0.717, 1.165) is 21.4 Å². The van der Waals surface area contributed by atoms with Gasteiger partial charge in [-0.2, -0.15) is 5.10 Å². The molecule has 0 radical (unpaired) electrons. The number of hydrogen-bond donors (Lipinski definition) is 1. The lowest BCUT2D eigenvalue weighted by Gasteiger charge is -2.14. The molecule has 0 unspecified atom stereocenters. The summed E-state index contributed by atoms with van der Waals surface area (Å²) in [6, 6.07) is 5.54. The van der Waals surface area contributed by atoms with Crippen LogP contribution >= 0.6 is 27.5 Å². The summed E-state index contributed by atoms with van der Waals surface area (Å²) < 4.78 is 8.39. The van der Waals surface area contributed by atoms with Crippen molar-refractivity contribution in [3.63, 3.8) is 0 Å². The van der Waals surface area contributed by atoms with Crippen LogP contribution < -0.4 is 4.74 Å². The number of halogens is 2. The van der Waals surface area contributed by atoms with Gasteiger partial charge in [0.2, 0.25) is 0 Å². The number of aliphatic hydroxyl groups excluding tert-OH is 1. The lowest BCUT2D eigenvalue weighted by Crippen LogP contribution is -2.05. The van der Waals surface area contributed by atoms with Crippen LogP contribution in [0.1, 0.15) is 30.0 Å². The molecular weight excluding hydrogens is 344 g/mol. The second-order valence-electron chi connectivity index (χ2n) is 4.62. The van der Waals surface area contributed by atoms with E-state index in [4.69, 9.17) is 16.3 Å². The Bertz CT molecular complexity index is 626. The number of aliphatic hydroxyl groups is 1. The number of aryl methyl sites for hydroxylation is 2. The van der Waals surface area contributed by atoms with E-state index >= 15 is 0 Å². The Labute approximate surface area is 131 Å². The van der Waals surface area contributed by atoms with Crippen molar-refractivity contribution in [2.75, 3.05) is 0 Å². The van der Waals surface area contributed by atoms with Crippen LogP contribution in [0.5, 0.6) is 5.75 Å². The predicted octanol–water partition coefficient (Wildman–Crippen LogP) is 3.78. The molecule has 4 nitrogen and oxygen atoms in total. The number of rotatable bonds is 4. The predicted molar refractivity (Wildman–Crippen MR) is 82.1 cm³/mol. The van der Waals surface area contributed by atoms with E-state index in [-0.39, 0.29) is 0 Å². The van der Waals surface area contributed by atoms with Gasteiger partial charge in [0.15, 0.2) is 0 Å². The molecule has 0 fully saturated rings. The number of aromatic nitrogens is 2. The standard InChI is InChI=1S/C14H16BrClN2O2/c1-8-14(16)12(18(3)17-8)7-20-13-5-4-10(15)6-11(13)9(2)19/h4-6,9,19H,7H2,1-3H3/t9-/m0/s1. The van der Waals surface area contributed by atoms with Gasteiger partial charge in [0.1, 0.15) is 12.4 Å². The first-order chi connectivity index (χ1) is 9.40. The molecule has 2 rings (SSSR count). The Hall–Kier alpha value is -1.04. The van der Waals surface area contributed by atoms with Crippen molar-refractivity contribution >= 4 is 27.5 Å². The second-order valence-corrected chi connectivity index (χ2v) is 5.91. The summed E-state index contributed by atoms with van der Waals surface area (Å²) in [6.45, 7) is 3.86. The van der Waals surface area contributed by atoms with Crippen LogP contribution in [0.15, 0.2) is 22.7 Å². The van der Waals surface area contributed by atoms with Gasteiger partial charge in [0.25, 0.3) is 0 Å². The fourth-order valence-electron chi connectivity index (χ4n) is 1.96. The second kappa shape index (κ2) is 6.16. The van der Waals surface area contributed by atoms with Gasteiger partial charge < -0.3 is 9.84 Å². The summed E-state index contributed by atoms with van der Waals surface area (Å²) in [4.78, 5) is 0. The Balaban J connectivity index is 2.23. The molecule has 1 atom stereocenters. The number of ether oxygens (including phenoxy) is 1. The molecule has 0 amide bonds. The highest BCUT2D eigenvalue weighted by Gasteiger charge is 2.14. The van der Waals surface area contributed by atoms with Crippen LogP contribution in [0.2, 0.25) is 5.02 Å². The average molecular weight is 360 g/mol. The molecular formula is C14H16BrClN2O2. The van der Waals surface area contributed by atoms with Gasteiger partial charge in [-0.3, -0.25) is 4.68 Å². The molecule has 0 saturated carbocycles. The lowest BCUT2D eigenvalue weighted by molar-refractivity contribution is 0.189. The highest BCUT2D eigenvalue weighted by atomic mass is 79.9. The lowest BCUT2D eigenvalue weighted by atomic mass is 10.1. The molecule has 108 valence electrons. The minimum Gasteiger partial charge on any atom is -0.487 e. The van der Waals surface area contributed by atoms with Crippen LogP contribution in [-0.2, 0) is 13.7 Å². The van der Waals surface area contributed by atoms with Gasteiger partial charge >= 0.3 is 0 Å². The zero-order valence-electron chi connectivity index (χ0n) is 11.5. The fourth-order valence-corrected chi connectivity index (χ4v) is 2.55. The van der Waals surface area contributed by atoms with E-state index in [9.17, 15) is 5.11 Å². The molecule has 0 aliphatic rings. The third kappa shape index (κ3) is 3.16. The topological polar surface area (TPSA) is 47.3 Å². The first kappa shape index (κ1) is 15.4. The maximum absolute atomic E-state index is 9.80. The largest absolute Gasteiger partial charge is 0.487 e. The molecule has 1 aromatic heterocycles. The Morgan fingerprint density at radius 2 is 2.20 bits per heavy atom. The molecule has 1 aromatic carbocycles. The first-order valence-electron chi connectivity index (χ1n) is 6.18. The zero-order valence-corrected chi connectivity index (χ0v) is 13.9. The van der Waals surface area contributed by atoms with E-state index < -0.39 is 6.10 Å². The van der Waals surface area contributed by atoms with E-state index in [1.54, 1.807) is 11.6 Å². The number of nitrogens with zero attached hydrogens (tertiary/aromatic N) is 2. The van der Waals surface area contributed by atoms with Gasteiger partial charge in [-0.05, 0) is 32.0 Å². The van der Waals surface area contributed by atoms with Crippen molar-refractivity contribution in [3.8, 4) is 5.75 Å². The minimum atomic E-state index is -0.605. The monoisotopic (exact) mass is 358 g/mol. The molecule has 0 saturated heterocycles. The molecule has 0 spiro atoms. The van der Waals surface area contributed by atoms with Crippen LogP contribution in [0.4, 0.5) is 0 Å². The first-order valence-corrected chi connectivity index (χ1v) is 7.35. The van der Waals surface area contributed by atoms with Crippen LogP contribution in [0.3, 0.4) is 0 Å². The van der Waals surface area contributed by atoms with Gasteiger partial charge in [0, 0.05) is 17.1 Å². The molecule has 20 heavy (non-hydrogen) atoms. The van der Waals surface area contributed by atoms with Crippen LogP contribution in [0, 0.1) is 6.92 Å². The Morgan fingerprint density at radius 1 is 1.50 bits per heavy atom. The van der Waals surface area contributed by atoms with Gasteiger partial charge in [-0.15, -0.1) is 0 Å². The van der Waals surface area contributed by atoms with E-state index in [1.807, 2.05) is 32.2 Å². The van der Waals surface area contributed by atoms with Crippen molar-refractivity contribution in [3.05, 3.63) is 44.6 Å². The third-order valence-electron chi connectivity index (χ3n) is 3.05. The highest BCUT2D eigenvalue weighted by Crippen LogP contribution is 2.30. The summed E-state index contributed by atoms with van der Waals surface area (Å²) in [5.41, 5.74) is 2.32. The molecule has 1 N–H and O–H groups in total. The number of benzene rings is 1. The summed E-state index contributed by atoms with van der Waals surface area (Å²) in [7, 11) is 1.83. The quantitative estimate of drug-likeness (QED) is 0.904. The maximum Gasteiger partial charge on any atom is 0.131 e. The highest BCUT2D eigenvalue weighted by molar-refractivity contribution is 9.10. The fraction of sp³-hybridized carbons (Fsp3) is 0.357. The average Bonchev–Trinajstić information content (AvgIpc) is 2.62. The smallest absolute Gasteiger partial charge is 0.131 e. The zero-order chi connectivity index (χ0) is 14.9. The summed E-state index contributed by atoms with van der Waals surface area (Å²) in [5, 5.41) is 14.7.